The largest absolute Gasteiger partial charge is 0.426 e. The van der Waals surface area contributed by atoms with Crippen molar-refractivity contribution in [3.05, 3.63) is 60.2 Å². The fraction of sp³-hybridized carbons (Fsp3) is 0.333. The van der Waals surface area contributed by atoms with E-state index in [1.165, 1.54) is 0 Å². The van der Waals surface area contributed by atoms with E-state index in [-0.39, 0.29) is 18.4 Å². The van der Waals surface area contributed by atoms with Crippen LogP contribution in [0.15, 0.2) is 54.6 Å². The van der Waals surface area contributed by atoms with E-state index < -0.39 is 0 Å². The van der Waals surface area contributed by atoms with Crippen LogP contribution in [0.25, 0.3) is 0 Å². The van der Waals surface area contributed by atoms with Gasteiger partial charge in [-0.3, -0.25) is 4.79 Å². The van der Waals surface area contributed by atoms with Crippen LogP contribution in [0.2, 0.25) is 0 Å². The van der Waals surface area contributed by atoms with Crippen molar-refractivity contribution in [2.45, 2.75) is 32.8 Å². The molecule has 6 heteroatoms. The number of amides is 2. The molecule has 0 saturated heterocycles. The van der Waals surface area contributed by atoms with Crippen LogP contribution in [0.5, 0.6) is 5.75 Å². The number of hydrogen-bond acceptors (Lipinski definition) is 4. The van der Waals surface area contributed by atoms with Gasteiger partial charge >= 0.3 is 12.0 Å². The lowest BCUT2D eigenvalue weighted by Crippen LogP contribution is -2.29. The Balaban J connectivity index is 1.67. The minimum Gasteiger partial charge on any atom is -0.426 e. The van der Waals surface area contributed by atoms with Gasteiger partial charge in [-0.15, -0.1) is 0 Å². The first kappa shape index (κ1) is 20.5. The lowest BCUT2D eigenvalue weighted by molar-refractivity contribution is -0.134. The highest BCUT2D eigenvalue weighted by Crippen LogP contribution is 2.18. The van der Waals surface area contributed by atoms with Crippen LogP contribution in [0.3, 0.4) is 0 Å². The van der Waals surface area contributed by atoms with Crippen molar-refractivity contribution >= 4 is 17.7 Å². The Morgan fingerprint density at radius 2 is 1.85 bits per heavy atom. The molecule has 0 spiro atoms. The predicted octanol–water partition coefficient (Wildman–Crippen LogP) is 4.12. The number of ether oxygens (including phenoxy) is 2. The molecule has 0 bridgehead atoms. The van der Waals surface area contributed by atoms with Crippen molar-refractivity contribution in [1.82, 2.24) is 5.32 Å². The Labute approximate surface area is 159 Å². The van der Waals surface area contributed by atoms with E-state index in [9.17, 15) is 9.59 Å². The summed E-state index contributed by atoms with van der Waals surface area (Å²) in [5.74, 6) is 0.0735. The molecule has 0 heterocycles. The van der Waals surface area contributed by atoms with E-state index in [1.807, 2.05) is 37.3 Å². The molecule has 0 aliphatic heterocycles. The fourth-order valence-corrected chi connectivity index (χ4v) is 2.32. The van der Waals surface area contributed by atoms with Gasteiger partial charge in [0.25, 0.3) is 0 Å². The average Bonchev–Trinajstić information content (AvgIpc) is 2.67. The van der Waals surface area contributed by atoms with E-state index >= 15 is 0 Å². The zero-order valence-electron chi connectivity index (χ0n) is 15.6. The zero-order chi connectivity index (χ0) is 19.3. The third kappa shape index (κ3) is 8.37. The summed E-state index contributed by atoms with van der Waals surface area (Å²) in [5, 5.41) is 5.43. The van der Waals surface area contributed by atoms with Crippen LogP contribution >= 0.6 is 0 Å². The monoisotopic (exact) mass is 370 g/mol. The molecule has 27 heavy (non-hydrogen) atoms. The Hall–Kier alpha value is -2.86. The van der Waals surface area contributed by atoms with Crippen molar-refractivity contribution in [1.29, 1.82) is 0 Å². The lowest BCUT2D eigenvalue weighted by Gasteiger charge is -2.09. The molecule has 0 radical (unpaired) electrons. The van der Waals surface area contributed by atoms with E-state index in [0.29, 0.717) is 37.6 Å². The van der Waals surface area contributed by atoms with Gasteiger partial charge in [-0.05, 0) is 30.5 Å². The smallest absolute Gasteiger partial charge is 0.319 e. The quantitative estimate of drug-likeness (QED) is 0.375. The van der Waals surface area contributed by atoms with E-state index in [0.717, 1.165) is 12.0 Å². The number of carbonyl (C=O) groups excluding carboxylic acids is 2. The Morgan fingerprint density at radius 1 is 1.04 bits per heavy atom. The highest BCUT2D eigenvalue weighted by molar-refractivity contribution is 5.89. The van der Waals surface area contributed by atoms with Gasteiger partial charge in [-0.1, -0.05) is 43.3 Å². The molecule has 0 saturated carbocycles. The molecule has 2 amide bonds. The van der Waals surface area contributed by atoms with E-state index in [2.05, 4.69) is 10.6 Å². The molecule has 6 nitrogen and oxygen atoms in total. The van der Waals surface area contributed by atoms with Crippen LogP contribution in [0, 0.1) is 0 Å². The van der Waals surface area contributed by atoms with E-state index in [4.69, 9.17) is 9.47 Å². The van der Waals surface area contributed by atoms with Crippen molar-refractivity contribution in [2.75, 3.05) is 18.5 Å². The molecule has 2 N–H and O–H groups in total. The SMILES string of the molecule is CCCNC(=O)Nc1cccc(OC(=O)CCCOCc2ccccc2)c1. The number of anilines is 1. The maximum Gasteiger partial charge on any atom is 0.319 e. The third-order valence-corrected chi connectivity index (χ3v) is 3.64. The van der Waals surface area contributed by atoms with Crippen LogP contribution in [0.1, 0.15) is 31.7 Å². The minimum absolute atomic E-state index is 0.267. The zero-order valence-corrected chi connectivity index (χ0v) is 15.6. The van der Waals surface area contributed by atoms with Gasteiger partial charge in [0.15, 0.2) is 0 Å². The van der Waals surface area contributed by atoms with Gasteiger partial charge in [0, 0.05) is 31.3 Å². The standard InChI is InChI=1S/C21H26N2O4/c1-2-13-22-21(25)23-18-10-6-11-19(15-18)27-20(24)12-7-14-26-16-17-8-4-3-5-9-17/h3-6,8-11,15H,2,7,12-14,16H2,1H3,(H2,22,23,25). The number of benzene rings is 2. The predicted molar refractivity (Wildman–Crippen MR) is 105 cm³/mol. The normalized spacial score (nSPS) is 10.3. The summed E-state index contributed by atoms with van der Waals surface area (Å²) < 4.78 is 10.9. The van der Waals surface area contributed by atoms with Gasteiger partial charge in [0.2, 0.25) is 0 Å². The maximum atomic E-state index is 11.9. The van der Waals surface area contributed by atoms with Gasteiger partial charge in [0.05, 0.1) is 6.61 Å². The van der Waals surface area contributed by atoms with Crippen molar-refractivity contribution in [3.8, 4) is 5.75 Å². The van der Waals surface area contributed by atoms with Crippen LogP contribution in [-0.4, -0.2) is 25.2 Å². The first-order chi connectivity index (χ1) is 13.2. The fourth-order valence-electron chi connectivity index (χ4n) is 2.32. The van der Waals surface area contributed by atoms with Gasteiger partial charge < -0.3 is 20.1 Å². The van der Waals surface area contributed by atoms with E-state index in [1.54, 1.807) is 24.3 Å². The molecule has 2 rings (SSSR count). The number of rotatable bonds is 10. The molecule has 2 aromatic rings. The Morgan fingerprint density at radius 3 is 2.63 bits per heavy atom. The number of esters is 1. The minimum atomic E-state index is -0.328. The Kier molecular flexibility index (Phi) is 8.86. The number of hydrogen-bond donors (Lipinski definition) is 2. The van der Waals surface area contributed by atoms with Crippen LogP contribution in [0.4, 0.5) is 10.5 Å². The third-order valence-electron chi connectivity index (χ3n) is 3.64. The molecule has 0 aliphatic rings. The molecule has 0 atom stereocenters. The van der Waals surface area contributed by atoms with Gasteiger partial charge in [-0.25, -0.2) is 4.79 Å². The number of urea groups is 1. The van der Waals surface area contributed by atoms with Crippen molar-refractivity contribution in [2.24, 2.45) is 0 Å². The summed E-state index contributed by atoms with van der Waals surface area (Å²) in [6, 6.07) is 16.4. The highest BCUT2D eigenvalue weighted by atomic mass is 16.5. The second kappa shape index (κ2) is 11.7. The average molecular weight is 370 g/mol. The van der Waals surface area contributed by atoms with Crippen LogP contribution in [-0.2, 0) is 16.1 Å². The highest BCUT2D eigenvalue weighted by Gasteiger charge is 2.07. The topological polar surface area (TPSA) is 76.7 Å². The van der Waals surface area contributed by atoms with Crippen molar-refractivity contribution in [3.63, 3.8) is 0 Å². The summed E-state index contributed by atoms with van der Waals surface area (Å²) in [6.45, 7) is 3.60. The van der Waals surface area contributed by atoms with Crippen LogP contribution < -0.4 is 15.4 Å². The first-order valence-electron chi connectivity index (χ1n) is 9.14. The molecule has 0 aromatic heterocycles. The lowest BCUT2D eigenvalue weighted by atomic mass is 10.2. The maximum absolute atomic E-state index is 11.9. The number of nitrogens with one attached hydrogen (secondary N) is 2. The number of carbonyl (C=O) groups is 2. The summed E-state index contributed by atoms with van der Waals surface area (Å²) in [6.07, 6.45) is 1.71. The molecular weight excluding hydrogens is 344 g/mol. The van der Waals surface area contributed by atoms with Gasteiger partial charge in [-0.2, -0.15) is 0 Å². The molecule has 2 aromatic carbocycles. The molecule has 0 aliphatic carbocycles. The molecule has 0 fully saturated rings. The second-order valence-electron chi connectivity index (χ2n) is 6.02. The Bertz CT molecular complexity index is 719. The summed E-state index contributed by atoms with van der Waals surface area (Å²) in [7, 11) is 0. The van der Waals surface area contributed by atoms with Gasteiger partial charge in [0.1, 0.15) is 5.75 Å². The summed E-state index contributed by atoms with van der Waals surface area (Å²) in [5.41, 5.74) is 1.67. The summed E-state index contributed by atoms with van der Waals surface area (Å²) >= 11 is 0. The molecular formula is C21H26N2O4. The first-order valence-corrected chi connectivity index (χ1v) is 9.14. The molecule has 144 valence electrons. The second-order valence-corrected chi connectivity index (χ2v) is 6.02. The summed E-state index contributed by atoms with van der Waals surface area (Å²) in [4.78, 5) is 23.6. The van der Waals surface area contributed by atoms with Crippen molar-refractivity contribution < 1.29 is 19.1 Å². The molecule has 0 unspecified atom stereocenters.